The van der Waals surface area contributed by atoms with Gasteiger partial charge in [0.1, 0.15) is 11.6 Å². The Morgan fingerprint density at radius 1 is 1.31 bits per heavy atom. The first kappa shape index (κ1) is 17.7. The van der Waals surface area contributed by atoms with Crippen LogP contribution in [0.1, 0.15) is 36.6 Å². The summed E-state index contributed by atoms with van der Waals surface area (Å²) in [4.78, 5) is 6.53. The molecule has 2 aliphatic rings. The summed E-state index contributed by atoms with van der Waals surface area (Å²) < 4.78 is 28.9. The van der Waals surface area contributed by atoms with Crippen molar-refractivity contribution in [2.24, 2.45) is 0 Å². The summed E-state index contributed by atoms with van der Waals surface area (Å²) >= 11 is 0. The maximum atomic E-state index is 11.4. The van der Waals surface area contributed by atoms with E-state index in [1.807, 2.05) is 11.1 Å². The van der Waals surface area contributed by atoms with Gasteiger partial charge in [0.2, 0.25) is 0 Å². The molecule has 2 aromatic heterocycles. The number of piperidine rings is 1. The van der Waals surface area contributed by atoms with E-state index in [0.717, 1.165) is 61.3 Å². The van der Waals surface area contributed by atoms with Gasteiger partial charge in [0.25, 0.3) is 0 Å². The number of pyridine rings is 1. The Balaban J connectivity index is 1.52. The van der Waals surface area contributed by atoms with Crippen molar-refractivity contribution >= 4 is 26.4 Å². The van der Waals surface area contributed by atoms with Gasteiger partial charge < -0.3 is 9.73 Å². The predicted molar refractivity (Wildman–Crippen MR) is 103 cm³/mol. The fourth-order valence-electron chi connectivity index (χ4n) is 3.84. The largest absolute Gasteiger partial charge is 0.459 e. The minimum atomic E-state index is -2.98. The van der Waals surface area contributed by atoms with Crippen molar-refractivity contribution < 1.29 is 12.8 Å². The Morgan fingerprint density at radius 3 is 2.81 bits per heavy atom. The maximum absolute atomic E-state index is 11.4. The lowest BCUT2D eigenvalue weighted by atomic mass is 9.95. The third-order valence-electron chi connectivity index (χ3n) is 5.20. The van der Waals surface area contributed by atoms with Gasteiger partial charge in [-0.2, -0.15) is 0 Å². The number of furan rings is 1. The van der Waals surface area contributed by atoms with Gasteiger partial charge in [-0.15, -0.1) is 0 Å². The van der Waals surface area contributed by atoms with Crippen LogP contribution in [-0.2, 0) is 9.84 Å². The number of aromatic nitrogens is 1. The van der Waals surface area contributed by atoms with Crippen LogP contribution in [0.4, 0.5) is 0 Å². The summed E-state index contributed by atoms with van der Waals surface area (Å²) in [6.45, 7) is 3.47. The fourth-order valence-corrected chi connectivity index (χ4v) is 4.74. The molecule has 2 aromatic rings. The second kappa shape index (κ2) is 7.13. The van der Waals surface area contributed by atoms with Gasteiger partial charge in [0.15, 0.2) is 15.4 Å². The zero-order valence-electron chi connectivity index (χ0n) is 15.1. The molecular formula is C19H25N3O3S. The van der Waals surface area contributed by atoms with Gasteiger partial charge in [-0.25, -0.2) is 8.42 Å². The topological polar surface area (TPSA) is 75.4 Å². The van der Waals surface area contributed by atoms with Crippen LogP contribution in [0.15, 0.2) is 28.8 Å². The first-order chi connectivity index (χ1) is 12.5. The molecule has 1 fully saturated rings. The van der Waals surface area contributed by atoms with Crippen LogP contribution >= 0.6 is 0 Å². The number of nitrogens with zero attached hydrogens (tertiary/aromatic N) is 2. The third kappa shape index (κ3) is 4.00. The van der Waals surface area contributed by atoms with E-state index in [4.69, 9.17) is 4.42 Å². The smallest absolute Gasteiger partial charge is 0.160 e. The molecule has 0 unspecified atom stereocenters. The van der Waals surface area contributed by atoms with Gasteiger partial charge in [-0.05, 0) is 50.1 Å². The summed E-state index contributed by atoms with van der Waals surface area (Å²) in [5.41, 5.74) is 2.99. The van der Waals surface area contributed by atoms with Crippen LogP contribution in [0, 0.1) is 0 Å². The number of sulfone groups is 1. The van der Waals surface area contributed by atoms with Gasteiger partial charge in [-0.1, -0.05) is 6.08 Å². The monoisotopic (exact) mass is 375 g/mol. The molecule has 4 rings (SSSR count). The van der Waals surface area contributed by atoms with Crippen molar-refractivity contribution in [2.45, 2.75) is 25.2 Å². The van der Waals surface area contributed by atoms with E-state index in [1.165, 1.54) is 11.8 Å². The van der Waals surface area contributed by atoms with E-state index < -0.39 is 9.84 Å². The Hall–Kier alpha value is -1.70. The van der Waals surface area contributed by atoms with Crippen molar-refractivity contribution in [3.05, 3.63) is 35.9 Å². The maximum Gasteiger partial charge on any atom is 0.160 e. The van der Waals surface area contributed by atoms with E-state index in [2.05, 4.69) is 28.5 Å². The number of hydrogen-bond donors (Lipinski definition) is 1. The second-order valence-electron chi connectivity index (χ2n) is 7.39. The first-order valence-corrected chi connectivity index (χ1v) is 11.2. The van der Waals surface area contributed by atoms with Crippen molar-refractivity contribution in [1.29, 1.82) is 0 Å². The van der Waals surface area contributed by atoms with E-state index >= 15 is 0 Å². The highest BCUT2D eigenvalue weighted by Gasteiger charge is 2.21. The van der Waals surface area contributed by atoms with E-state index in [0.29, 0.717) is 12.5 Å². The predicted octanol–water partition coefficient (Wildman–Crippen LogP) is 2.39. The van der Waals surface area contributed by atoms with Gasteiger partial charge in [0.05, 0.1) is 11.9 Å². The van der Waals surface area contributed by atoms with Crippen LogP contribution in [0.3, 0.4) is 0 Å². The molecule has 6 nitrogen and oxygen atoms in total. The number of hydrogen-bond acceptors (Lipinski definition) is 6. The quantitative estimate of drug-likeness (QED) is 0.884. The first-order valence-electron chi connectivity index (χ1n) is 9.18. The van der Waals surface area contributed by atoms with Crippen molar-refractivity contribution in [3.8, 4) is 0 Å². The SMILES string of the molecule is CS(=O)(=O)CN1CC=C(c2cc3cc(C4CCNCC4)oc3cn2)CC1. The molecule has 0 atom stereocenters. The number of fused-ring (bicyclic) bond motifs is 1. The summed E-state index contributed by atoms with van der Waals surface area (Å²) in [7, 11) is -2.98. The zero-order chi connectivity index (χ0) is 18.1. The minimum Gasteiger partial charge on any atom is -0.459 e. The van der Waals surface area contributed by atoms with E-state index in [-0.39, 0.29) is 5.88 Å². The average Bonchev–Trinajstić information content (AvgIpc) is 3.05. The van der Waals surface area contributed by atoms with Crippen molar-refractivity contribution in [2.75, 3.05) is 38.3 Å². The third-order valence-corrected chi connectivity index (χ3v) is 6.04. The Labute approximate surface area is 154 Å². The lowest BCUT2D eigenvalue weighted by molar-refractivity contribution is 0.346. The van der Waals surface area contributed by atoms with E-state index in [1.54, 1.807) is 0 Å². The summed E-state index contributed by atoms with van der Waals surface area (Å²) in [6, 6.07) is 4.26. The highest BCUT2D eigenvalue weighted by molar-refractivity contribution is 7.90. The molecule has 140 valence electrons. The lowest BCUT2D eigenvalue weighted by Crippen LogP contribution is -2.33. The Kier molecular flexibility index (Phi) is 4.86. The van der Waals surface area contributed by atoms with Gasteiger partial charge >= 0.3 is 0 Å². The lowest BCUT2D eigenvalue weighted by Gasteiger charge is -2.25. The molecule has 0 aliphatic carbocycles. The summed E-state index contributed by atoms with van der Waals surface area (Å²) in [5.74, 6) is 1.67. The van der Waals surface area contributed by atoms with Crippen LogP contribution in [-0.4, -0.2) is 56.6 Å². The molecule has 4 heterocycles. The molecule has 0 amide bonds. The molecule has 0 spiro atoms. The zero-order valence-corrected chi connectivity index (χ0v) is 15.9. The van der Waals surface area contributed by atoms with Crippen molar-refractivity contribution in [1.82, 2.24) is 15.2 Å². The van der Waals surface area contributed by atoms with Gasteiger partial charge in [-0.3, -0.25) is 9.88 Å². The van der Waals surface area contributed by atoms with Crippen LogP contribution < -0.4 is 5.32 Å². The van der Waals surface area contributed by atoms with Gasteiger partial charge in [0, 0.05) is 30.6 Å². The number of nitrogens with one attached hydrogen (secondary N) is 1. The number of rotatable bonds is 4. The highest BCUT2D eigenvalue weighted by Crippen LogP contribution is 2.32. The van der Waals surface area contributed by atoms with E-state index in [9.17, 15) is 8.42 Å². The molecule has 1 saturated heterocycles. The second-order valence-corrected chi connectivity index (χ2v) is 9.50. The Morgan fingerprint density at radius 2 is 2.12 bits per heavy atom. The van der Waals surface area contributed by atoms with Crippen molar-refractivity contribution in [3.63, 3.8) is 0 Å². The van der Waals surface area contributed by atoms with Crippen LogP contribution in [0.5, 0.6) is 0 Å². The molecule has 0 saturated carbocycles. The molecule has 0 radical (unpaired) electrons. The highest BCUT2D eigenvalue weighted by atomic mass is 32.2. The molecule has 0 aromatic carbocycles. The molecule has 1 N–H and O–H groups in total. The molecule has 26 heavy (non-hydrogen) atoms. The normalized spacial score (nSPS) is 20.4. The van der Waals surface area contributed by atoms with Crippen LogP contribution in [0.2, 0.25) is 0 Å². The molecule has 0 bridgehead atoms. The Bertz CT molecular complexity index is 927. The summed E-state index contributed by atoms with van der Waals surface area (Å²) in [6.07, 6.45) is 8.23. The standard InChI is InChI=1S/C19H25N3O3S/c1-26(23,24)13-22-8-4-14(5-9-22)17-10-16-11-18(25-19(16)12-21-17)15-2-6-20-7-3-15/h4,10-12,15,20H,2-3,5-9,13H2,1H3. The molecule has 2 aliphatic heterocycles. The molecular weight excluding hydrogens is 350 g/mol. The summed E-state index contributed by atoms with van der Waals surface area (Å²) in [5, 5.41) is 4.48. The van der Waals surface area contributed by atoms with Crippen LogP contribution in [0.25, 0.3) is 16.5 Å². The minimum absolute atomic E-state index is 0.116. The average molecular weight is 375 g/mol. The fraction of sp³-hybridized carbons (Fsp3) is 0.526. The molecule has 7 heteroatoms.